The molecule has 1 fully saturated rings. The zero-order valence-corrected chi connectivity index (χ0v) is 14.5. The zero-order valence-electron chi connectivity index (χ0n) is 14.5. The molecule has 1 aliphatic rings. The highest BCUT2D eigenvalue weighted by molar-refractivity contribution is 5.90. The maximum Gasteiger partial charge on any atom is 0.441 e. The van der Waals surface area contributed by atoms with Gasteiger partial charge in [0, 0.05) is 44.0 Å². The van der Waals surface area contributed by atoms with E-state index in [1.165, 1.54) is 16.8 Å². The first kappa shape index (κ1) is 17.0. The van der Waals surface area contributed by atoms with E-state index in [9.17, 15) is 14.0 Å². The third-order valence-corrected chi connectivity index (χ3v) is 4.62. The summed E-state index contributed by atoms with van der Waals surface area (Å²) < 4.78 is 19.3. The number of nitrogens with zero attached hydrogens (tertiary/aromatic N) is 3. The molecule has 0 aliphatic carbocycles. The Morgan fingerprint density at radius 2 is 1.67 bits per heavy atom. The normalized spacial score (nSPS) is 14.4. The van der Waals surface area contributed by atoms with Crippen molar-refractivity contribution in [3.05, 3.63) is 76.5 Å². The predicted molar refractivity (Wildman–Crippen MR) is 95.4 cm³/mol. The van der Waals surface area contributed by atoms with Crippen LogP contribution in [0.15, 0.2) is 63.9 Å². The van der Waals surface area contributed by atoms with Gasteiger partial charge in [-0.2, -0.15) is 0 Å². The molecule has 1 amide bonds. The number of piperazine rings is 1. The summed E-state index contributed by atoms with van der Waals surface area (Å²) in [5.74, 6) is -0.662. The summed E-state index contributed by atoms with van der Waals surface area (Å²) in [6, 6.07) is 15.3. The average molecular weight is 369 g/mol. The highest BCUT2D eigenvalue weighted by Crippen LogP contribution is 2.17. The van der Waals surface area contributed by atoms with Crippen molar-refractivity contribution in [3.63, 3.8) is 0 Å². The van der Waals surface area contributed by atoms with Crippen LogP contribution in [0.3, 0.4) is 0 Å². The molecular formula is C19H18FN4O3+. The van der Waals surface area contributed by atoms with Gasteiger partial charge < -0.3 is 9.80 Å². The minimum atomic E-state index is -0.704. The Labute approximate surface area is 154 Å². The first-order valence-electron chi connectivity index (χ1n) is 8.62. The standard InChI is InChI=1S/C19H17FN4O3/c20-14-6-8-15(9-7-14)22-10-12-23(13-11-22)18(25)17-19(26)27-21-24(17)16-4-2-1-3-5-16/h1-9H,10-13H2/p+1. The van der Waals surface area contributed by atoms with Crippen molar-refractivity contribution in [1.29, 1.82) is 0 Å². The Hall–Kier alpha value is -3.42. The van der Waals surface area contributed by atoms with E-state index in [0.29, 0.717) is 31.9 Å². The fourth-order valence-electron chi connectivity index (χ4n) is 3.18. The highest BCUT2D eigenvalue weighted by atomic mass is 19.1. The Kier molecular flexibility index (Phi) is 4.45. The third kappa shape index (κ3) is 3.33. The fraction of sp³-hybridized carbons (Fsp3) is 0.211. The quantitative estimate of drug-likeness (QED) is 0.708. The van der Waals surface area contributed by atoms with E-state index < -0.39 is 5.63 Å². The van der Waals surface area contributed by atoms with Crippen LogP contribution in [-0.4, -0.2) is 42.3 Å². The second kappa shape index (κ2) is 7.06. The second-order valence-corrected chi connectivity index (χ2v) is 6.26. The molecule has 1 aromatic heterocycles. The first-order chi connectivity index (χ1) is 13.1. The van der Waals surface area contributed by atoms with Crippen molar-refractivity contribution in [2.24, 2.45) is 0 Å². The molecule has 0 unspecified atom stereocenters. The Bertz CT molecular complexity index is 990. The van der Waals surface area contributed by atoms with Gasteiger partial charge >= 0.3 is 17.2 Å². The summed E-state index contributed by atoms with van der Waals surface area (Å²) in [6.45, 7) is 2.10. The lowest BCUT2D eigenvalue weighted by atomic mass is 10.2. The summed E-state index contributed by atoms with van der Waals surface area (Å²) in [7, 11) is 0. The topological polar surface area (TPSA) is 73.4 Å². The molecule has 2 aromatic carbocycles. The number of anilines is 1. The molecule has 7 nitrogen and oxygen atoms in total. The number of aromatic nitrogens is 2. The lowest BCUT2D eigenvalue weighted by Crippen LogP contribution is -2.53. The van der Waals surface area contributed by atoms with Gasteiger partial charge in [0.15, 0.2) is 0 Å². The van der Waals surface area contributed by atoms with Gasteiger partial charge in [0.25, 0.3) is 0 Å². The molecule has 1 N–H and O–H groups in total. The van der Waals surface area contributed by atoms with Crippen LogP contribution in [0.25, 0.3) is 5.69 Å². The monoisotopic (exact) mass is 369 g/mol. The number of carbonyl (C=O) groups is 1. The SMILES string of the molecule is O=C(c1c(=O)o[nH][n+]1-c1ccccc1)N1CCN(c2ccc(F)cc2)CC1. The predicted octanol–water partition coefficient (Wildman–Crippen LogP) is 1.35. The number of hydrogen-bond donors (Lipinski definition) is 1. The van der Waals surface area contributed by atoms with E-state index in [2.05, 4.69) is 10.2 Å². The van der Waals surface area contributed by atoms with E-state index >= 15 is 0 Å². The molecule has 4 rings (SSSR count). The molecule has 1 aliphatic heterocycles. The molecule has 138 valence electrons. The summed E-state index contributed by atoms with van der Waals surface area (Å²) in [5.41, 5.74) is 0.780. The van der Waals surface area contributed by atoms with E-state index in [1.54, 1.807) is 29.2 Å². The molecule has 0 bridgehead atoms. The van der Waals surface area contributed by atoms with Gasteiger partial charge in [0.2, 0.25) is 5.69 Å². The van der Waals surface area contributed by atoms with Crippen LogP contribution in [0.5, 0.6) is 0 Å². The number of amides is 1. The Balaban J connectivity index is 1.51. The van der Waals surface area contributed by atoms with Gasteiger partial charge in [-0.1, -0.05) is 18.2 Å². The zero-order chi connectivity index (χ0) is 18.8. The van der Waals surface area contributed by atoms with Crippen molar-refractivity contribution < 1.29 is 18.4 Å². The molecule has 0 saturated carbocycles. The average Bonchev–Trinajstić information content (AvgIpc) is 3.10. The number of hydrogen-bond acceptors (Lipinski definition) is 4. The van der Waals surface area contributed by atoms with Gasteiger partial charge in [0.1, 0.15) is 5.82 Å². The van der Waals surface area contributed by atoms with Gasteiger partial charge in [0.05, 0.1) is 0 Å². The van der Waals surface area contributed by atoms with E-state index in [0.717, 1.165) is 5.69 Å². The lowest BCUT2D eigenvalue weighted by Gasteiger charge is -2.35. The Morgan fingerprint density at radius 1 is 1.00 bits per heavy atom. The van der Waals surface area contributed by atoms with Crippen LogP contribution >= 0.6 is 0 Å². The molecule has 8 heteroatoms. The number of benzene rings is 2. The van der Waals surface area contributed by atoms with Gasteiger partial charge in [-0.15, -0.1) is 0 Å². The van der Waals surface area contributed by atoms with Crippen molar-refractivity contribution in [1.82, 2.24) is 10.2 Å². The van der Waals surface area contributed by atoms with Crippen LogP contribution in [0.1, 0.15) is 10.5 Å². The smallest absolute Gasteiger partial charge is 0.368 e. The number of para-hydroxylation sites is 1. The van der Waals surface area contributed by atoms with Crippen LogP contribution < -0.4 is 15.2 Å². The maximum atomic E-state index is 13.1. The minimum absolute atomic E-state index is 0.0589. The fourth-order valence-corrected chi connectivity index (χ4v) is 3.18. The van der Waals surface area contributed by atoms with Crippen LogP contribution in [0.2, 0.25) is 0 Å². The Morgan fingerprint density at radius 3 is 2.33 bits per heavy atom. The van der Waals surface area contributed by atoms with Gasteiger partial charge in [-0.05, 0) is 34.2 Å². The van der Waals surface area contributed by atoms with E-state index in [4.69, 9.17) is 4.52 Å². The maximum absolute atomic E-state index is 13.1. The molecule has 0 atom stereocenters. The van der Waals surface area contributed by atoms with E-state index in [-0.39, 0.29) is 17.4 Å². The first-order valence-corrected chi connectivity index (χ1v) is 8.62. The third-order valence-electron chi connectivity index (χ3n) is 4.62. The lowest BCUT2D eigenvalue weighted by molar-refractivity contribution is -0.672. The summed E-state index contributed by atoms with van der Waals surface area (Å²) in [6.07, 6.45) is 0. The summed E-state index contributed by atoms with van der Waals surface area (Å²) in [4.78, 5) is 28.7. The summed E-state index contributed by atoms with van der Waals surface area (Å²) >= 11 is 0. The van der Waals surface area contributed by atoms with Crippen molar-refractivity contribution in [3.8, 4) is 5.69 Å². The molecule has 2 heterocycles. The van der Waals surface area contributed by atoms with Crippen LogP contribution in [0, 0.1) is 5.82 Å². The largest absolute Gasteiger partial charge is 0.441 e. The van der Waals surface area contributed by atoms with Gasteiger partial charge in [-0.25, -0.2) is 9.18 Å². The van der Waals surface area contributed by atoms with Crippen molar-refractivity contribution in [2.75, 3.05) is 31.1 Å². The number of rotatable bonds is 3. The van der Waals surface area contributed by atoms with Crippen LogP contribution in [-0.2, 0) is 0 Å². The van der Waals surface area contributed by atoms with E-state index in [1.807, 2.05) is 18.2 Å². The molecule has 0 radical (unpaired) electrons. The molecule has 1 saturated heterocycles. The molecule has 27 heavy (non-hydrogen) atoms. The number of halogens is 1. The van der Waals surface area contributed by atoms with Crippen molar-refractivity contribution >= 4 is 11.6 Å². The summed E-state index contributed by atoms with van der Waals surface area (Å²) in [5, 5.41) is 2.49. The molecule has 3 aromatic rings. The van der Waals surface area contributed by atoms with Gasteiger partial charge in [-0.3, -0.25) is 9.32 Å². The second-order valence-electron chi connectivity index (χ2n) is 6.26. The van der Waals surface area contributed by atoms with Crippen LogP contribution in [0.4, 0.5) is 10.1 Å². The number of carbonyl (C=O) groups excluding carboxylic acids is 1. The number of H-pyrrole nitrogens is 1. The minimum Gasteiger partial charge on any atom is -0.368 e. The number of nitrogens with one attached hydrogen (secondary N) is 1. The number of aromatic amines is 1. The molecule has 0 spiro atoms. The van der Waals surface area contributed by atoms with Crippen molar-refractivity contribution in [2.45, 2.75) is 0 Å². The molecular weight excluding hydrogens is 351 g/mol. The highest BCUT2D eigenvalue weighted by Gasteiger charge is 2.35.